The number of nitrogens with two attached hydrogens (primary N) is 1. The van der Waals surface area contributed by atoms with Gasteiger partial charge < -0.3 is 15.8 Å². The lowest BCUT2D eigenvalue weighted by Crippen LogP contribution is -2.25. The molecule has 0 bridgehead atoms. The number of fused-ring (bicyclic) bond motifs is 1. The first kappa shape index (κ1) is 10.7. The van der Waals surface area contributed by atoms with E-state index in [1.807, 2.05) is 42.5 Å². The number of ether oxygens (including phenoxy) is 1. The standard InChI is InChI=1S/C14H12N2O2/c15-11-4-1-9(2-5-11)10-3-6-12-13(7-10)18-8-14(17)16-12/h1-7H,8,15H2,(H,16,17). The van der Waals surface area contributed by atoms with Crippen LogP contribution in [0.1, 0.15) is 0 Å². The highest BCUT2D eigenvalue weighted by Gasteiger charge is 2.16. The van der Waals surface area contributed by atoms with Crippen molar-refractivity contribution in [2.24, 2.45) is 0 Å². The Kier molecular flexibility index (Phi) is 2.41. The van der Waals surface area contributed by atoms with Crippen molar-refractivity contribution in [2.45, 2.75) is 0 Å². The first-order chi connectivity index (χ1) is 8.72. The average Bonchev–Trinajstić information content (AvgIpc) is 2.39. The van der Waals surface area contributed by atoms with Crippen LogP contribution in [0.3, 0.4) is 0 Å². The van der Waals surface area contributed by atoms with Gasteiger partial charge in [0.05, 0.1) is 5.69 Å². The number of carbonyl (C=O) groups is 1. The monoisotopic (exact) mass is 240 g/mol. The summed E-state index contributed by atoms with van der Waals surface area (Å²) < 4.78 is 5.38. The largest absolute Gasteiger partial charge is 0.482 e. The molecule has 1 heterocycles. The SMILES string of the molecule is Nc1ccc(-c2ccc3c(c2)OCC(=O)N3)cc1. The Hall–Kier alpha value is -2.49. The summed E-state index contributed by atoms with van der Waals surface area (Å²) in [6.45, 7) is 0.0676. The summed E-state index contributed by atoms with van der Waals surface area (Å²) in [6.07, 6.45) is 0. The number of carbonyl (C=O) groups excluding carboxylic acids is 1. The third kappa shape index (κ3) is 1.88. The van der Waals surface area contributed by atoms with Gasteiger partial charge in [-0.2, -0.15) is 0 Å². The molecule has 0 unspecified atom stereocenters. The zero-order valence-electron chi connectivity index (χ0n) is 9.64. The summed E-state index contributed by atoms with van der Waals surface area (Å²) >= 11 is 0. The minimum absolute atomic E-state index is 0.0676. The Morgan fingerprint density at radius 2 is 1.78 bits per heavy atom. The molecule has 2 aromatic rings. The maximum Gasteiger partial charge on any atom is 0.262 e. The van der Waals surface area contributed by atoms with E-state index >= 15 is 0 Å². The number of amides is 1. The molecule has 0 saturated heterocycles. The van der Waals surface area contributed by atoms with E-state index in [0.29, 0.717) is 11.4 Å². The van der Waals surface area contributed by atoms with Gasteiger partial charge in [0.2, 0.25) is 0 Å². The smallest absolute Gasteiger partial charge is 0.262 e. The van der Waals surface area contributed by atoms with E-state index in [1.54, 1.807) is 0 Å². The van der Waals surface area contributed by atoms with Crippen LogP contribution in [-0.4, -0.2) is 12.5 Å². The summed E-state index contributed by atoms with van der Waals surface area (Å²) in [7, 11) is 0. The summed E-state index contributed by atoms with van der Waals surface area (Å²) in [5.74, 6) is 0.576. The normalized spacial score (nSPS) is 13.4. The molecule has 1 aliphatic heterocycles. The molecule has 4 heteroatoms. The quantitative estimate of drug-likeness (QED) is 0.751. The van der Waals surface area contributed by atoms with Crippen molar-refractivity contribution in [3.05, 3.63) is 42.5 Å². The number of hydrogen-bond acceptors (Lipinski definition) is 3. The van der Waals surface area contributed by atoms with Gasteiger partial charge in [-0.3, -0.25) is 4.79 Å². The predicted molar refractivity (Wildman–Crippen MR) is 70.4 cm³/mol. The summed E-state index contributed by atoms with van der Waals surface area (Å²) in [5.41, 5.74) is 9.20. The Balaban J connectivity index is 1.99. The molecule has 0 spiro atoms. The Labute approximate surface area is 104 Å². The first-order valence-corrected chi connectivity index (χ1v) is 5.65. The Bertz CT molecular complexity index is 606. The number of nitrogen functional groups attached to an aromatic ring is 1. The zero-order valence-corrected chi connectivity index (χ0v) is 9.64. The van der Waals surface area contributed by atoms with Gasteiger partial charge in [-0.1, -0.05) is 18.2 Å². The molecule has 1 amide bonds. The Morgan fingerprint density at radius 1 is 1.06 bits per heavy atom. The van der Waals surface area contributed by atoms with Crippen molar-refractivity contribution >= 4 is 17.3 Å². The number of hydrogen-bond donors (Lipinski definition) is 2. The van der Waals surface area contributed by atoms with E-state index in [0.717, 1.165) is 16.8 Å². The number of anilines is 2. The van der Waals surface area contributed by atoms with Crippen molar-refractivity contribution in [2.75, 3.05) is 17.7 Å². The van der Waals surface area contributed by atoms with E-state index in [4.69, 9.17) is 10.5 Å². The molecule has 1 aliphatic rings. The molecule has 0 aliphatic carbocycles. The fourth-order valence-electron chi connectivity index (χ4n) is 1.93. The minimum Gasteiger partial charge on any atom is -0.482 e. The molecular formula is C14H12N2O2. The summed E-state index contributed by atoms with van der Waals surface area (Å²) in [6, 6.07) is 13.3. The number of rotatable bonds is 1. The summed E-state index contributed by atoms with van der Waals surface area (Å²) in [4.78, 5) is 11.2. The van der Waals surface area contributed by atoms with Gasteiger partial charge in [-0.15, -0.1) is 0 Å². The molecule has 18 heavy (non-hydrogen) atoms. The fourth-order valence-corrected chi connectivity index (χ4v) is 1.93. The topological polar surface area (TPSA) is 64.3 Å². The number of benzene rings is 2. The van der Waals surface area contributed by atoms with Crippen molar-refractivity contribution in [3.63, 3.8) is 0 Å². The van der Waals surface area contributed by atoms with Crippen LogP contribution in [0, 0.1) is 0 Å². The predicted octanol–water partition coefficient (Wildman–Crippen LogP) is 2.27. The molecule has 0 fully saturated rings. The second kappa shape index (κ2) is 4.07. The van der Waals surface area contributed by atoms with Gasteiger partial charge in [0.15, 0.2) is 6.61 Å². The highest BCUT2D eigenvalue weighted by atomic mass is 16.5. The van der Waals surface area contributed by atoms with Crippen molar-refractivity contribution in [1.29, 1.82) is 0 Å². The van der Waals surface area contributed by atoms with Gasteiger partial charge in [0.1, 0.15) is 5.75 Å². The molecule has 3 N–H and O–H groups in total. The lowest BCUT2D eigenvalue weighted by atomic mass is 10.0. The first-order valence-electron chi connectivity index (χ1n) is 5.65. The molecule has 0 saturated carbocycles. The highest BCUT2D eigenvalue weighted by Crippen LogP contribution is 2.32. The van der Waals surface area contributed by atoms with Crippen LogP contribution in [0.5, 0.6) is 5.75 Å². The highest BCUT2D eigenvalue weighted by molar-refractivity contribution is 5.95. The van der Waals surface area contributed by atoms with Crippen LogP contribution in [-0.2, 0) is 4.79 Å². The van der Waals surface area contributed by atoms with E-state index in [1.165, 1.54) is 0 Å². The van der Waals surface area contributed by atoms with Gasteiger partial charge in [0, 0.05) is 5.69 Å². The van der Waals surface area contributed by atoms with Crippen LogP contribution in [0.25, 0.3) is 11.1 Å². The van der Waals surface area contributed by atoms with Crippen LogP contribution in [0.15, 0.2) is 42.5 Å². The zero-order chi connectivity index (χ0) is 12.5. The van der Waals surface area contributed by atoms with E-state index in [-0.39, 0.29) is 12.5 Å². The van der Waals surface area contributed by atoms with E-state index in [2.05, 4.69) is 5.32 Å². The average molecular weight is 240 g/mol. The van der Waals surface area contributed by atoms with E-state index in [9.17, 15) is 4.79 Å². The van der Waals surface area contributed by atoms with Crippen LogP contribution in [0.4, 0.5) is 11.4 Å². The molecular weight excluding hydrogens is 228 g/mol. The molecule has 90 valence electrons. The molecule has 3 rings (SSSR count). The molecule has 0 radical (unpaired) electrons. The lowest BCUT2D eigenvalue weighted by molar-refractivity contribution is -0.118. The summed E-state index contributed by atoms with van der Waals surface area (Å²) in [5, 5.41) is 2.76. The van der Waals surface area contributed by atoms with E-state index < -0.39 is 0 Å². The Morgan fingerprint density at radius 3 is 2.56 bits per heavy atom. The second-order valence-electron chi connectivity index (χ2n) is 4.17. The van der Waals surface area contributed by atoms with Crippen molar-refractivity contribution < 1.29 is 9.53 Å². The van der Waals surface area contributed by atoms with Crippen molar-refractivity contribution in [3.8, 4) is 16.9 Å². The maximum atomic E-state index is 11.2. The van der Waals surface area contributed by atoms with Gasteiger partial charge in [-0.25, -0.2) is 0 Å². The van der Waals surface area contributed by atoms with Crippen molar-refractivity contribution in [1.82, 2.24) is 0 Å². The second-order valence-corrected chi connectivity index (χ2v) is 4.17. The van der Waals surface area contributed by atoms with Crippen LogP contribution < -0.4 is 15.8 Å². The number of nitrogens with one attached hydrogen (secondary N) is 1. The molecule has 0 aromatic heterocycles. The van der Waals surface area contributed by atoms with Crippen LogP contribution >= 0.6 is 0 Å². The maximum absolute atomic E-state index is 11.2. The molecule has 0 atom stereocenters. The van der Waals surface area contributed by atoms with Crippen LogP contribution in [0.2, 0.25) is 0 Å². The molecule has 4 nitrogen and oxygen atoms in total. The fraction of sp³-hybridized carbons (Fsp3) is 0.0714. The third-order valence-corrected chi connectivity index (χ3v) is 2.86. The van der Waals surface area contributed by atoms with Gasteiger partial charge in [-0.05, 0) is 35.4 Å². The van der Waals surface area contributed by atoms with Gasteiger partial charge >= 0.3 is 0 Å². The minimum atomic E-state index is -0.122. The lowest BCUT2D eigenvalue weighted by Gasteiger charge is -2.18. The van der Waals surface area contributed by atoms with Gasteiger partial charge in [0.25, 0.3) is 5.91 Å². The third-order valence-electron chi connectivity index (χ3n) is 2.86. The molecule has 2 aromatic carbocycles.